The van der Waals surface area contributed by atoms with Crippen LogP contribution in [-0.2, 0) is 25.2 Å². The molecule has 0 bridgehead atoms. The first-order chi connectivity index (χ1) is 1.00. The Balaban J connectivity index is -0.00000000500. The van der Waals surface area contributed by atoms with Crippen molar-refractivity contribution in [3.63, 3.8) is 0 Å². The fourth-order valence-corrected chi connectivity index (χ4v) is 0. The third-order valence-electron chi connectivity index (χ3n) is 0. The van der Waals surface area contributed by atoms with E-state index in [4.69, 9.17) is 2.85 Å². The van der Waals surface area contributed by atoms with Crippen LogP contribution >= 0.6 is 0 Å². The number of rotatable bonds is 0. The van der Waals surface area contributed by atoms with Crippen LogP contribution in [0.2, 0.25) is 0 Å². The van der Waals surface area contributed by atoms with Gasteiger partial charge in [0.05, 0.1) is 0 Å². The second-order valence-electron chi connectivity index (χ2n) is 0. The molecule has 0 rings (SSSR count). The van der Waals surface area contributed by atoms with Gasteiger partial charge in [0.1, 0.15) is 0 Å². The van der Waals surface area contributed by atoms with Crippen molar-refractivity contribution in [3.8, 4) is 0 Å². The van der Waals surface area contributed by atoms with Gasteiger partial charge in [0, 0.05) is 22.4 Å². The Hall–Kier alpha value is 2.23. The molecule has 0 aromatic rings. The van der Waals surface area contributed by atoms with E-state index in [0.717, 1.165) is 0 Å². The molecule has 1 radical (unpaired) electrons. The molecule has 0 aliphatic carbocycles. The van der Waals surface area contributed by atoms with E-state index in [1.54, 1.807) is 0 Å². The molecular weight excluding hydrogens is 360 g/mol. The van der Waals surface area contributed by atoms with Gasteiger partial charge in [0.2, 0.25) is 0 Å². The first-order valence-electron chi connectivity index (χ1n) is 0.289. The summed E-state index contributed by atoms with van der Waals surface area (Å²) in [5.41, 5.74) is 0. The van der Waals surface area contributed by atoms with Crippen molar-refractivity contribution in [3.05, 3.63) is 0 Å². The normalized spacial score (nSPS) is 0.750. The molecule has 29 valence electrons. The van der Waals surface area contributed by atoms with E-state index >= 15 is 0 Å². The van der Waals surface area contributed by atoms with E-state index in [0.29, 0.717) is 0 Å². The third-order valence-corrected chi connectivity index (χ3v) is 0. The zero-order valence-corrected chi connectivity index (χ0v) is 11.7. The van der Waals surface area contributed by atoms with Gasteiger partial charge in [-0.1, -0.05) is 0 Å². The average molecular weight is 364 g/mol. The van der Waals surface area contributed by atoms with Crippen LogP contribution in [0.25, 0.3) is 0 Å². The summed E-state index contributed by atoms with van der Waals surface area (Å²) < 4.78 is 8.42. The van der Waals surface area contributed by atoms with Crippen molar-refractivity contribution in [2.75, 3.05) is 0 Å². The third kappa shape index (κ3) is 8.87. The summed E-state index contributed by atoms with van der Waals surface area (Å²) in [6, 6.07) is 0. The summed E-state index contributed by atoms with van der Waals surface area (Å²) >= 11 is -0.1000. The summed E-state index contributed by atoms with van der Waals surface area (Å²) in [5, 5.41) is 0. The fourth-order valence-electron chi connectivity index (χ4n) is 0. The van der Waals surface area contributed by atoms with E-state index in [-0.39, 0.29) is 71.2 Å². The van der Waals surface area contributed by atoms with E-state index in [1.807, 2.05) is 0 Å². The predicted molar refractivity (Wildman–Crippen MR) is 17.8 cm³/mol. The molecule has 1 nitrogen and oxygen atoms in total. The average Bonchev–Trinajstić information content (AvgIpc) is 1.00. The van der Waals surface area contributed by atoms with Crippen molar-refractivity contribution in [1.29, 1.82) is 0 Å². The first-order valence-corrected chi connectivity index (χ1v) is 1.94. The van der Waals surface area contributed by atoms with Gasteiger partial charge in [-0.3, -0.25) is 0 Å². The van der Waals surface area contributed by atoms with E-state index in [1.165, 1.54) is 0 Å². The molecule has 0 aliphatic rings. The second kappa shape index (κ2) is 18.8. The summed E-state index contributed by atoms with van der Waals surface area (Å²) in [7, 11) is 0. The maximum atomic E-state index is 8.42. The van der Waals surface area contributed by atoms with Crippen LogP contribution < -0.4 is 0 Å². The van der Waals surface area contributed by atoms with Gasteiger partial charge in [-0.25, -0.2) is 0 Å². The molecule has 4 heavy (non-hydrogen) atoms. The minimum absolute atomic E-state index is 0. The van der Waals surface area contributed by atoms with Crippen molar-refractivity contribution in [1.82, 2.24) is 0 Å². The Morgan fingerprint density at radius 3 is 1.25 bits per heavy atom. The van der Waals surface area contributed by atoms with Gasteiger partial charge >= 0.3 is 51.7 Å². The van der Waals surface area contributed by atoms with E-state index < -0.39 is 0 Å². The predicted octanol–water partition coefficient (Wildman–Crippen LogP) is -1.95. The van der Waals surface area contributed by atoms with Crippen LogP contribution in [-0.4, -0.2) is 48.8 Å². The van der Waals surface area contributed by atoms with Crippen molar-refractivity contribution in [2.24, 2.45) is 0 Å². The summed E-state index contributed by atoms with van der Waals surface area (Å²) in [5.74, 6) is 0. The van der Waals surface area contributed by atoms with E-state index in [2.05, 4.69) is 0 Å². The zero-order valence-electron chi connectivity index (χ0n) is 2.12. The Morgan fingerprint density at radius 1 is 1.25 bits per heavy atom. The Bertz CT molecular complexity index is 8.00. The zero-order chi connectivity index (χ0) is 2.00. The van der Waals surface area contributed by atoms with Gasteiger partial charge in [-0.05, 0) is 0 Å². The summed E-state index contributed by atoms with van der Waals surface area (Å²) in [4.78, 5) is 0. The molecule has 0 fully saturated rings. The molecule has 0 unspecified atom stereocenters. The summed E-state index contributed by atoms with van der Waals surface area (Å²) in [6.07, 6.45) is 0. The second-order valence-corrected chi connectivity index (χ2v) is 0. The van der Waals surface area contributed by atoms with Crippen LogP contribution in [0.15, 0.2) is 0 Å². The van der Waals surface area contributed by atoms with Crippen molar-refractivity contribution >= 4 is 48.8 Å². The van der Waals surface area contributed by atoms with Crippen LogP contribution in [0.4, 0.5) is 0 Å². The van der Waals surface area contributed by atoms with Gasteiger partial charge < -0.3 is 0 Å². The van der Waals surface area contributed by atoms with Crippen LogP contribution in [0.5, 0.6) is 0 Å². The minimum atomic E-state index is -0.1000. The molecule has 0 N–H and O–H groups in total. The van der Waals surface area contributed by atoms with Crippen LogP contribution in [0.3, 0.4) is 0 Å². The van der Waals surface area contributed by atoms with Gasteiger partial charge in [0.15, 0.2) is 0 Å². The van der Waals surface area contributed by atoms with Crippen molar-refractivity contribution < 1.29 is 25.2 Å². The fraction of sp³-hybridized carbons (Fsp3) is 0. The molecular formula is H4AgInOSb. The molecule has 4 heteroatoms. The van der Waals surface area contributed by atoms with E-state index in [9.17, 15) is 0 Å². The first kappa shape index (κ1) is 16.3. The maximum absolute atomic E-state index is 8.42. The molecule has 0 aromatic heterocycles. The van der Waals surface area contributed by atoms with Crippen LogP contribution in [0.1, 0.15) is 0 Å². The van der Waals surface area contributed by atoms with Gasteiger partial charge in [-0.15, -0.1) is 0 Å². The standard InChI is InChI=1S/Ag.In.O.Sb.4H. The molecule has 0 saturated heterocycles. The molecule has 0 amide bonds. The molecule has 0 aliphatic heterocycles. The monoisotopic (exact) mass is 363 g/mol. The molecule has 0 spiro atoms. The van der Waals surface area contributed by atoms with Gasteiger partial charge in [-0.2, -0.15) is 0 Å². The Labute approximate surface area is 72.9 Å². The number of hydrogen-bond donors (Lipinski definition) is 0. The molecule has 0 aromatic carbocycles. The van der Waals surface area contributed by atoms with Gasteiger partial charge in [0.25, 0.3) is 0 Å². The topological polar surface area (TPSA) is 17.1 Å². The molecule has 0 atom stereocenters. The SMILES string of the molecule is [Ag].[O]=[InH].[SbH3]. The Morgan fingerprint density at radius 2 is 1.25 bits per heavy atom. The summed E-state index contributed by atoms with van der Waals surface area (Å²) in [6.45, 7) is 0. The Kier molecular flexibility index (Phi) is 76.9. The molecule has 0 heterocycles. The quantitative estimate of drug-likeness (QED) is 0.457. The molecule has 0 saturated carbocycles. The van der Waals surface area contributed by atoms with Crippen LogP contribution in [0, 0.1) is 0 Å². The van der Waals surface area contributed by atoms with Crippen molar-refractivity contribution in [2.45, 2.75) is 0 Å². The number of hydrogen-bond acceptors (Lipinski definition) is 1.